The molecule has 0 bridgehead atoms. The van der Waals surface area contributed by atoms with Gasteiger partial charge in [-0.3, -0.25) is 9.98 Å². The summed E-state index contributed by atoms with van der Waals surface area (Å²) in [6, 6.07) is 9.03. The Morgan fingerprint density at radius 1 is 0.784 bits per heavy atom. The third kappa shape index (κ3) is 4.49. The van der Waals surface area contributed by atoms with E-state index in [1.807, 2.05) is 24.5 Å². The van der Waals surface area contributed by atoms with Crippen molar-refractivity contribution in [1.82, 2.24) is 10.6 Å². The normalized spacial score (nSPS) is 24.9. The van der Waals surface area contributed by atoms with Crippen LogP contribution in [0.4, 0.5) is 0 Å². The zero-order valence-electron chi connectivity index (χ0n) is 21.7. The Bertz CT molecular complexity index is 1490. The van der Waals surface area contributed by atoms with Gasteiger partial charge in [-0.15, -0.1) is 22.7 Å². The van der Waals surface area contributed by atoms with E-state index in [1.54, 1.807) is 11.3 Å². The van der Waals surface area contributed by atoms with Crippen LogP contribution in [0.5, 0.6) is 0 Å². The summed E-state index contributed by atoms with van der Waals surface area (Å²) in [5, 5.41) is 11.9. The first-order valence-electron chi connectivity index (χ1n) is 12.7. The van der Waals surface area contributed by atoms with Gasteiger partial charge in [0.15, 0.2) is 0 Å². The number of amidine groups is 2. The van der Waals surface area contributed by atoms with Crippen molar-refractivity contribution in [2.75, 3.05) is 0 Å². The molecule has 2 N–H and O–H groups in total. The van der Waals surface area contributed by atoms with Crippen LogP contribution in [0.2, 0.25) is 0 Å². The number of thiophene rings is 2. The summed E-state index contributed by atoms with van der Waals surface area (Å²) in [5.74, 6) is 2.90. The number of rotatable bonds is 5. The Labute approximate surface area is 231 Å². The molecule has 0 radical (unpaired) electrons. The van der Waals surface area contributed by atoms with Crippen LogP contribution in [0, 0.1) is 33.6 Å². The standard InChI is InChI=1S/C30H31ClN4S2/c1-15-13-36-28(17(15)3)26-24(11-32-19(5)34-26)21-8-6-20(7-9-21)22-10-23(22)30-33-12-25(31)27(35-30)29-18(4)16(2)14-37-29/h6-9,11-14,22-23,26-27H,10H2,1-5H3,(H,32,34)(H,33,35). The van der Waals surface area contributed by atoms with Gasteiger partial charge in [-0.1, -0.05) is 35.9 Å². The number of benzene rings is 1. The second kappa shape index (κ2) is 9.57. The van der Waals surface area contributed by atoms with Crippen LogP contribution in [0.1, 0.15) is 74.5 Å². The predicted octanol–water partition coefficient (Wildman–Crippen LogP) is 8.07. The summed E-state index contributed by atoms with van der Waals surface area (Å²) in [5.41, 5.74) is 9.08. The fourth-order valence-electron chi connectivity index (χ4n) is 5.22. The van der Waals surface area contributed by atoms with E-state index in [9.17, 15) is 0 Å². The maximum atomic E-state index is 6.59. The Balaban J connectivity index is 1.21. The molecule has 3 aliphatic rings. The molecule has 4 atom stereocenters. The van der Waals surface area contributed by atoms with Crippen LogP contribution < -0.4 is 10.6 Å². The van der Waals surface area contributed by atoms with E-state index in [1.165, 1.54) is 48.7 Å². The molecule has 6 rings (SSSR count). The molecule has 37 heavy (non-hydrogen) atoms. The van der Waals surface area contributed by atoms with Gasteiger partial charge in [-0.05, 0) is 91.1 Å². The molecule has 3 aromatic rings. The minimum atomic E-state index is -0.0868. The smallest absolute Gasteiger partial charge is 0.123 e. The van der Waals surface area contributed by atoms with E-state index in [0.29, 0.717) is 11.8 Å². The van der Waals surface area contributed by atoms with Crippen LogP contribution in [0.25, 0.3) is 5.57 Å². The van der Waals surface area contributed by atoms with Gasteiger partial charge in [0.05, 0.1) is 10.9 Å². The van der Waals surface area contributed by atoms with E-state index in [-0.39, 0.29) is 12.1 Å². The number of halogens is 1. The summed E-state index contributed by atoms with van der Waals surface area (Å²) in [4.78, 5) is 12.6. The maximum absolute atomic E-state index is 6.59. The van der Waals surface area contributed by atoms with Crippen molar-refractivity contribution < 1.29 is 0 Å². The molecule has 1 fully saturated rings. The molecule has 2 aromatic heterocycles. The minimum Gasteiger partial charge on any atom is -0.350 e. The molecule has 1 aromatic carbocycles. The van der Waals surface area contributed by atoms with Gasteiger partial charge in [0.25, 0.3) is 0 Å². The van der Waals surface area contributed by atoms with Gasteiger partial charge in [0.1, 0.15) is 17.9 Å². The van der Waals surface area contributed by atoms with Crippen molar-refractivity contribution in [2.24, 2.45) is 15.9 Å². The highest BCUT2D eigenvalue weighted by Gasteiger charge is 2.43. The van der Waals surface area contributed by atoms with Crippen molar-refractivity contribution in [3.8, 4) is 0 Å². The zero-order chi connectivity index (χ0) is 25.8. The lowest BCUT2D eigenvalue weighted by molar-refractivity contribution is 0.833. The Morgan fingerprint density at radius 3 is 2.05 bits per heavy atom. The number of aryl methyl sites for hydroxylation is 2. The molecule has 7 heteroatoms. The molecule has 2 aliphatic heterocycles. The highest BCUT2D eigenvalue weighted by atomic mass is 35.5. The molecule has 4 nitrogen and oxygen atoms in total. The van der Waals surface area contributed by atoms with E-state index in [4.69, 9.17) is 21.6 Å². The molecular formula is C30H31ClN4S2. The monoisotopic (exact) mass is 546 g/mol. The third-order valence-corrected chi connectivity index (χ3v) is 10.7. The Hall–Kier alpha value is -2.67. The summed E-state index contributed by atoms with van der Waals surface area (Å²) < 4.78 is 0. The van der Waals surface area contributed by atoms with Crippen LogP contribution >= 0.6 is 34.3 Å². The fourth-order valence-corrected chi connectivity index (χ4v) is 7.75. The summed E-state index contributed by atoms with van der Waals surface area (Å²) >= 11 is 10.2. The minimum absolute atomic E-state index is 0.0399. The molecular weight excluding hydrogens is 516 g/mol. The first-order valence-corrected chi connectivity index (χ1v) is 14.9. The quantitative estimate of drug-likeness (QED) is 0.340. The van der Waals surface area contributed by atoms with Crippen molar-refractivity contribution in [3.63, 3.8) is 0 Å². The van der Waals surface area contributed by atoms with Crippen molar-refractivity contribution in [3.05, 3.63) is 95.6 Å². The van der Waals surface area contributed by atoms with E-state index < -0.39 is 0 Å². The van der Waals surface area contributed by atoms with Gasteiger partial charge in [0, 0.05) is 33.6 Å². The molecule has 4 unspecified atom stereocenters. The molecule has 190 valence electrons. The number of hydrogen-bond acceptors (Lipinski definition) is 6. The highest BCUT2D eigenvalue weighted by molar-refractivity contribution is 7.10. The summed E-state index contributed by atoms with van der Waals surface area (Å²) in [6.45, 7) is 10.7. The zero-order valence-corrected chi connectivity index (χ0v) is 24.1. The largest absolute Gasteiger partial charge is 0.350 e. The lowest BCUT2D eigenvalue weighted by atomic mass is 9.94. The van der Waals surface area contributed by atoms with E-state index in [2.05, 4.69) is 79.6 Å². The maximum Gasteiger partial charge on any atom is 0.123 e. The average Bonchev–Trinajstić information content (AvgIpc) is 3.54. The second-order valence-corrected chi connectivity index (χ2v) is 12.6. The Morgan fingerprint density at radius 2 is 1.43 bits per heavy atom. The van der Waals surface area contributed by atoms with Crippen molar-refractivity contribution >= 4 is 51.5 Å². The molecule has 0 spiro atoms. The van der Waals surface area contributed by atoms with Gasteiger partial charge in [-0.25, -0.2) is 0 Å². The molecule has 0 amide bonds. The third-order valence-electron chi connectivity index (χ3n) is 7.90. The van der Waals surface area contributed by atoms with Gasteiger partial charge >= 0.3 is 0 Å². The van der Waals surface area contributed by atoms with Crippen molar-refractivity contribution in [1.29, 1.82) is 0 Å². The van der Waals surface area contributed by atoms with Crippen molar-refractivity contribution in [2.45, 2.75) is 59.0 Å². The topological polar surface area (TPSA) is 48.8 Å². The average molecular weight is 547 g/mol. The van der Waals surface area contributed by atoms with Crippen LogP contribution in [0.3, 0.4) is 0 Å². The number of nitrogens with zero attached hydrogens (tertiary/aromatic N) is 2. The SMILES string of the molecule is CC1=NC(c2scc(C)c2C)C(c2ccc(C3CC3C3=NC(c4scc(C)c4C)C(Cl)=CN3)cc2)=CN1. The molecule has 4 heterocycles. The first-order chi connectivity index (χ1) is 17.8. The van der Waals surface area contributed by atoms with Gasteiger partial charge in [0.2, 0.25) is 0 Å². The predicted molar refractivity (Wildman–Crippen MR) is 159 cm³/mol. The number of nitrogens with one attached hydrogen (secondary N) is 2. The van der Waals surface area contributed by atoms with Crippen LogP contribution in [-0.4, -0.2) is 11.7 Å². The van der Waals surface area contributed by atoms with E-state index in [0.717, 1.165) is 23.1 Å². The van der Waals surface area contributed by atoms with Crippen LogP contribution in [0.15, 0.2) is 62.4 Å². The van der Waals surface area contributed by atoms with E-state index >= 15 is 0 Å². The second-order valence-electron chi connectivity index (χ2n) is 10.3. The van der Waals surface area contributed by atoms with Gasteiger partial charge < -0.3 is 10.6 Å². The molecule has 0 saturated heterocycles. The number of hydrogen-bond donors (Lipinski definition) is 2. The summed E-state index contributed by atoms with van der Waals surface area (Å²) in [7, 11) is 0. The van der Waals surface area contributed by atoms with Gasteiger partial charge in [-0.2, -0.15) is 0 Å². The number of aliphatic imine (C=N–C) groups is 2. The highest BCUT2D eigenvalue weighted by Crippen LogP contribution is 2.50. The lowest BCUT2D eigenvalue weighted by Crippen LogP contribution is -2.26. The fraction of sp³-hybridized carbons (Fsp3) is 0.333. The molecule has 1 aliphatic carbocycles. The van der Waals surface area contributed by atoms with Crippen LogP contribution in [-0.2, 0) is 0 Å². The first kappa shape index (κ1) is 24.7. The summed E-state index contributed by atoms with van der Waals surface area (Å²) in [6.07, 6.45) is 5.17. The lowest BCUT2D eigenvalue weighted by Gasteiger charge is -2.23. The molecule has 1 saturated carbocycles. The Kier molecular flexibility index (Phi) is 6.38.